The van der Waals surface area contributed by atoms with Gasteiger partial charge in [-0.3, -0.25) is 9.88 Å². The first-order chi connectivity index (χ1) is 15.8. The molecule has 0 saturated carbocycles. The molecule has 1 aromatic carbocycles. The highest BCUT2D eigenvalue weighted by Crippen LogP contribution is 2.40. The Morgan fingerprint density at radius 2 is 1.85 bits per heavy atom. The summed E-state index contributed by atoms with van der Waals surface area (Å²) in [5.74, 6) is -0.215. The Hall–Kier alpha value is -3.69. The number of aromatic nitrogens is 2. The van der Waals surface area contributed by atoms with Crippen LogP contribution in [-0.4, -0.2) is 35.1 Å². The molecule has 0 unspecified atom stereocenters. The highest BCUT2D eigenvalue weighted by molar-refractivity contribution is 6.04. The van der Waals surface area contributed by atoms with Crippen LogP contribution in [0.2, 0.25) is 0 Å². The van der Waals surface area contributed by atoms with Crippen molar-refractivity contribution >= 4 is 23.2 Å². The molecule has 6 nitrogen and oxygen atoms in total. The van der Waals surface area contributed by atoms with Gasteiger partial charge in [-0.1, -0.05) is 12.1 Å². The lowest BCUT2D eigenvalue weighted by Gasteiger charge is -2.31. The molecule has 0 radical (unpaired) electrons. The van der Waals surface area contributed by atoms with E-state index in [1.165, 1.54) is 17.2 Å². The normalized spacial score (nSPS) is 15.9. The number of hydrogen-bond acceptors (Lipinski definition) is 4. The maximum atomic E-state index is 13.5. The van der Waals surface area contributed by atoms with Gasteiger partial charge in [-0.15, -0.1) is 0 Å². The van der Waals surface area contributed by atoms with E-state index in [2.05, 4.69) is 20.2 Å². The molecule has 1 N–H and O–H groups in total. The molecule has 0 spiro atoms. The molecule has 2 aromatic heterocycles. The second kappa shape index (κ2) is 8.02. The van der Waals surface area contributed by atoms with E-state index in [4.69, 9.17) is 0 Å². The maximum absolute atomic E-state index is 13.5. The van der Waals surface area contributed by atoms with Crippen LogP contribution < -0.4 is 15.1 Å². The van der Waals surface area contributed by atoms with Crippen molar-refractivity contribution in [2.45, 2.75) is 25.1 Å². The van der Waals surface area contributed by atoms with E-state index >= 15 is 0 Å². The summed E-state index contributed by atoms with van der Waals surface area (Å²) in [6, 6.07) is 8.92. The van der Waals surface area contributed by atoms with Gasteiger partial charge in [0, 0.05) is 30.8 Å². The van der Waals surface area contributed by atoms with Crippen LogP contribution in [0.1, 0.15) is 18.4 Å². The van der Waals surface area contributed by atoms with Crippen LogP contribution in [0, 0.1) is 5.82 Å². The number of pyridine rings is 2. The minimum Gasteiger partial charge on any atom is -0.368 e. The van der Waals surface area contributed by atoms with Gasteiger partial charge in [-0.25, -0.2) is 14.2 Å². The zero-order valence-electron chi connectivity index (χ0n) is 17.3. The number of benzene rings is 1. The Morgan fingerprint density at radius 3 is 2.58 bits per heavy atom. The summed E-state index contributed by atoms with van der Waals surface area (Å²) in [5.41, 5.74) is 0.795. The number of urea groups is 1. The maximum Gasteiger partial charge on any atom is 0.416 e. The van der Waals surface area contributed by atoms with Crippen LogP contribution in [0.15, 0.2) is 54.9 Å². The van der Waals surface area contributed by atoms with Crippen molar-refractivity contribution in [2.75, 3.05) is 28.2 Å². The minimum atomic E-state index is -4.47. The van der Waals surface area contributed by atoms with Gasteiger partial charge >= 0.3 is 12.2 Å². The Kier molecular flexibility index (Phi) is 5.15. The van der Waals surface area contributed by atoms with Gasteiger partial charge in [-0.05, 0) is 37.1 Å². The van der Waals surface area contributed by atoms with Gasteiger partial charge in [-0.2, -0.15) is 13.2 Å². The smallest absolute Gasteiger partial charge is 0.368 e. The van der Waals surface area contributed by atoms with Gasteiger partial charge in [0.25, 0.3) is 0 Å². The van der Waals surface area contributed by atoms with E-state index in [1.807, 2.05) is 0 Å². The van der Waals surface area contributed by atoms with Gasteiger partial charge in [0.05, 0.1) is 35.0 Å². The monoisotopic (exact) mass is 457 g/mol. The van der Waals surface area contributed by atoms with E-state index in [9.17, 15) is 22.4 Å². The fourth-order valence-electron chi connectivity index (χ4n) is 4.34. The van der Waals surface area contributed by atoms with Crippen LogP contribution in [0.5, 0.6) is 0 Å². The molecular weight excluding hydrogens is 438 g/mol. The number of anilines is 3. The predicted octanol–water partition coefficient (Wildman–Crippen LogP) is 5.32. The Labute approximate surface area is 186 Å². The number of carbonyl (C=O) groups is 1. The molecule has 0 aliphatic carbocycles. The van der Waals surface area contributed by atoms with E-state index in [0.717, 1.165) is 43.2 Å². The summed E-state index contributed by atoms with van der Waals surface area (Å²) in [4.78, 5) is 25.3. The number of hydrogen-bond donors (Lipinski definition) is 1. The van der Waals surface area contributed by atoms with Crippen molar-refractivity contribution in [2.24, 2.45) is 0 Å². The second-order valence-corrected chi connectivity index (χ2v) is 8.03. The van der Waals surface area contributed by atoms with Crippen LogP contribution in [0.4, 0.5) is 39.5 Å². The zero-order valence-corrected chi connectivity index (χ0v) is 17.3. The molecular formula is C23H19F4N5O. The Bertz CT molecular complexity index is 1210. The lowest BCUT2D eigenvalue weighted by atomic mass is 10.1. The van der Waals surface area contributed by atoms with Crippen LogP contribution >= 0.6 is 0 Å². The van der Waals surface area contributed by atoms with Gasteiger partial charge in [0.2, 0.25) is 0 Å². The van der Waals surface area contributed by atoms with E-state index in [-0.39, 0.29) is 11.7 Å². The predicted molar refractivity (Wildman–Crippen MR) is 116 cm³/mol. The topological polar surface area (TPSA) is 61.4 Å². The van der Waals surface area contributed by atoms with Crippen molar-refractivity contribution in [3.8, 4) is 11.3 Å². The summed E-state index contributed by atoms with van der Waals surface area (Å²) in [6.45, 7) is 1.46. The number of alkyl halides is 3. The van der Waals surface area contributed by atoms with E-state index in [1.54, 1.807) is 18.2 Å². The first-order valence-electron chi connectivity index (χ1n) is 10.4. The van der Waals surface area contributed by atoms with Crippen LogP contribution in [0.25, 0.3) is 11.3 Å². The first kappa shape index (κ1) is 21.2. The molecule has 3 aliphatic heterocycles. The zero-order chi connectivity index (χ0) is 23.2. The fraction of sp³-hybridized carbons (Fsp3) is 0.261. The van der Waals surface area contributed by atoms with Crippen molar-refractivity contribution in [3.05, 3.63) is 66.2 Å². The van der Waals surface area contributed by atoms with E-state index in [0.29, 0.717) is 29.9 Å². The number of nitrogens with one attached hydrogen (secondary N) is 1. The SMILES string of the molecule is O=C(Nc1cncc(F)c1)N1c2nc(-c3cccc(C(F)(F)F)c3)ccc2N2CCC1CC2. The lowest BCUT2D eigenvalue weighted by Crippen LogP contribution is -2.46. The average Bonchev–Trinajstić information content (AvgIpc) is 3.04. The molecule has 33 heavy (non-hydrogen) atoms. The minimum absolute atomic E-state index is 0.145. The average molecular weight is 457 g/mol. The number of rotatable bonds is 2. The van der Waals surface area contributed by atoms with E-state index < -0.39 is 23.6 Å². The summed E-state index contributed by atoms with van der Waals surface area (Å²) in [5, 5.41) is 2.67. The number of nitrogens with zero attached hydrogens (tertiary/aromatic N) is 4. The summed E-state index contributed by atoms with van der Waals surface area (Å²) < 4.78 is 53.2. The molecule has 0 atom stereocenters. The summed E-state index contributed by atoms with van der Waals surface area (Å²) in [7, 11) is 0. The fourth-order valence-corrected chi connectivity index (χ4v) is 4.34. The Balaban J connectivity index is 1.55. The van der Waals surface area contributed by atoms with Crippen molar-refractivity contribution in [1.29, 1.82) is 0 Å². The first-order valence-corrected chi connectivity index (χ1v) is 10.4. The molecule has 6 rings (SSSR count). The second-order valence-electron chi connectivity index (χ2n) is 8.03. The van der Waals surface area contributed by atoms with Crippen molar-refractivity contribution < 1.29 is 22.4 Å². The third-order valence-corrected chi connectivity index (χ3v) is 5.91. The molecule has 170 valence electrons. The quantitative estimate of drug-likeness (QED) is 0.529. The molecule has 5 heterocycles. The third kappa shape index (κ3) is 4.08. The molecule has 2 amide bonds. The largest absolute Gasteiger partial charge is 0.416 e. The summed E-state index contributed by atoms with van der Waals surface area (Å²) >= 11 is 0. The molecule has 2 bridgehead atoms. The molecule has 1 saturated heterocycles. The number of fused-ring (bicyclic) bond motifs is 2. The number of piperidine rings is 1. The highest BCUT2D eigenvalue weighted by atomic mass is 19.4. The number of carbonyl (C=O) groups excluding carboxylic acids is 1. The Morgan fingerprint density at radius 1 is 1.06 bits per heavy atom. The van der Waals surface area contributed by atoms with Crippen LogP contribution in [-0.2, 0) is 6.18 Å². The molecule has 3 aromatic rings. The van der Waals surface area contributed by atoms with Crippen molar-refractivity contribution in [1.82, 2.24) is 9.97 Å². The molecule has 1 fully saturated rings. The third-order valence-electron chi connectivity index (χ3n) is 5.91. The van der Waals surface area contributed by atoms with Gasteiger partial charge in [0.15, 0.2) is 5.82 Å². The van der Waals surface area contributed by atoms with Gasteiger partial charge in [0.1, 0.15) is 5.82 Å². The van der Waals surface area contributed by atoms with Crippen molar-refractivity contribution in [3.63, 3.8) is 0 Å². The number of amides is 2. The van der Waals surface area contributed by atoms with Crippen LogP contribution in [0.3, 0.4) is 0 Å². The van der Waals surface area contributed by atoms with Gasteiger partial charge < -0.3 is 10.2 Å². The number of halogens is 4. The highest BCUT2D eigenvalue weighted by Gasteiger charge is 2.37. The lowest BCUT2D eigenvalue weighted by molar-refractivity contribution is -0.137. The summed E-state index contributed by atoms with van der Waals surface area (Å²) in [6.07, 6.45) is -0.673. The molecule has 10 heteroatoms. The molecule has 3 aliphatic rings. The standard InChI is InChI=1S/C23H19F4N5O/c24-16-11-17(13-28-12-16)29-22(33)32-18-6-8-31(9-7-18)20-5-4-19(30-21(20)32)14-2-1-3-15(10-14)23(25,26)27/h1-5,10-13,18H,6-9H2,(H,29,33).